The summed E-state index contributed by atoms with van der Waals surface area (Å²) in [6, 6.07) is 21.8. The molecule has 2 aromatic carbocycles. The van der Waals surface area contributed by atoms with E-state index in [-0.39, 0.29) is 25.0 Å². The van der Waals surface area contributed by atoms with Gasteiger partial charge in [0.2, 0.25) is 11.8 Å². The minimum absolute atomic E-state index is 0.0299. The monoisotopic (exact) mass is 473 g/mol. The molecule has 0 saturated carbocycles. The van der Waals surface area contributed by atoms with E-state index in [1.165, 1.54) is 12.7 Å². The van der Waals surface area contributed by atoms with Crippen LogP contribution in [0.4, 0.5) is 5.82 Å². The highest BCUT2D eigenvalue weighted by Gasteiger charge is 2.25. The summed E-state index contributed by atoms with van der Waals surface area (Å²) in [5.41, 5.74) is 4.05. The first-order chi connectivity index (χ1) is 17.0. The van der Waals surface area contributed by atoms with E-state index in [0.29, 0.717) is 32.7 Å². The van der Waals surface area contributed by atoms with Crippen LogP contribution in [0.25, 0.3) is 11.3 Å². The summed E-state index contributed by atoms with van der Waals surface area (Å²) in [6.45, 7) is 4.87. The highest BCUT2D eigenvalue weighted by atomic mass is 16.5. The molecule has 4 rings (SSSR count). The van der Waals surface area contributed by atoms with Gasteiger partial charge in [0.25, 0.3) is 0 Å². The number of hydrogen-bond acceptors (Lipinski definition) is 6. The van der Waals surface area contributed by atoms with Gasteiger partial charge in [0, 0.05) is 45.4 Å². The van der Waals surface area contributed by atoms with E-state index in [9.17, 15) is 9.59 Å². The van der Waals surface area contributed by atoms with Crippen molar-refractivity contribution in [2.45, 2.75) is 13.5 Å². The second kappa shape index (κ2) is 11.6. The Kier molecular flexibility index (Phi) is 8.05. The lowest BCUT2D eigenvalue weighted by molar-refractivity contribution is -0.143. The van der Waals surface area contributed by atoms with Crippen molar-refractivity contribution in [2.24, 2.45) is 0 Å². The molecule has 1 aromatic heterocycles. The number of hydrogen-bond donors (Lipinski definition) is 0. The molecule has 3 aromatic rings. The van der Waals surface area contributed by atoms with Gasteiger partial charge in [0.1, 0.15) is 13.2 Å². The van der Waals surface area contributed by atoms with Gasteiger partial charge in [-0.25, -0.2) is 0 Å². The van der Waals surface area contributed by atoms with Crippen molar-refractivity contribution < 1.29 is 14.3 Å². The third-order valence-electron chi connectivity index (χ3n) is 6.12. The van der Waals surface area contributed by atoms with E-state index >= 15 is 0 Å². The van der Waals surface area contributed by atoms with E-state index in [0.717, 1.165) is 22.6 Å². The molecule has 0 bridgehead atoms. The van der Waals surface area contributed by atoms with Crippen LogP contribution in [0.5, 0.6) is 0 Å². The Hall–Kier alpha value is -3.78. The van der Waals surface area contributed by atoms with E-state index in [2.05, 4.69) is 34.2 Å². The van der Waals surface area contributed by atoms with E-state index in [1.54, 1.807) is 4.90 Å². The van der Waals surface area contributed by atoms with Gasteiger partial charge in [-0.1, -0.05) is 60.2 Å². The molecule has 1 saturated heterocycles. The topological polar surface area (TPSA) is 78.9 Å². The van der Waals surface area contributed by atoms with Gasteiger partial charge >= 0.3 is 0 Å². The number of piperazine rings is 1. The van der Waals surface area contributed by atoms with E-state index in [1.807, 2.05) is 59.5 Å². The lowest BCUT2D eigenvalue weighted by atomic mass is 10.1. The Bertz CT molecular complexity index is 1110. The number of carbonyl (C=O) groups is 2. The number of amides is 2. The molecule has 0 unspecified atom stereocenters. The Morgan fingerprint density at radius 2 is 1.63 bits per heavy atom. The molecular weight excluding hydrogens is 442 g/mol. The molecule has 0 aliphatic carbocycles. The fraction of sp³-hybridized carbons (Fsp3) is 0.333. The first kappa shape index (κ1) is 24.3. The fourth-order valence-corrected chi connectivity index (χ4v) is 4.07. The number of ether oxygens (including phenoxy) is 1. The zero-order valence-corrected chi connectivity index (χ0v) is 20.3. The number of carbonyl (C=O) groups excluding carboxylic acids is 2. The zero-order valence-electron chi connectivity index (χ0n) is 20.3. The number of aryl methyl sites for hydroxylation is 1. The number of benzene rings is 2. The molecule has 0 atom stereocenters. The lowest BCUT2D eigenvalue weighted by Gasteiger charge is -2.36. The second-order valence-corrected chi connectivity index (χ2v) is 8.68. The molecule has 182 valence electrons. The maximum atomic E-state index is 13.0. The number of nitrogens with zero attached hydrogens (tertiary/aromatic N) is 5. The van der Waals surface area contributed by atoms with Crippen LogP contribution in [0.15, 0.2) is 66.7 Å². The van der Waals surface area contributed by atoms with Gasteiger partial charge in [-0.2, -0.15) is 0 Å². The van der Waals surface area contributed by atoms with Crippen molar-refractivity contribution in [3.05, 3.63) is 77.9 Å². The smallest absolute Gasteiger partial charge is 0.249 e. The normalized spacial score (nSPS) is 13.5. The largest absolute Gasteiger partial charge is 0.375 e. The fourth-order valence-electron chi connectivity index (χ4n) is 4.07. The van der Waals surface area contributed by atoms with E-state index in [4.69, 9.17) is 4.74 Å². The summed E-state index contributed by atoms with van der Waals surface area (Å²) in [6.07, 6.45) is 0. The zero-order chi connectivity index (χ0) is 24.6. The standard InChI is InChI=1S/C27H31N5O3/c1-21-8-10-23(11-9-21)24-12-13-25(29-28-24)30-14-16-31(17-15-30)26(33)19-32(27(34)20-35-2)18-22-6-4-3-5-7-22/h3-13H,14-20H2,1-2H3. The maximum Gasteiger partial charge on any atom is 0.249 e. The van der Waals surface area contributed by atoms with Crippen LogP contribution >= 0.6 is 0 Å². The molecule has 1 aliphatic heterocycles. The van der Waals surface area contributed by atoms with Crippen molar-refractivity contribution in [2.75, 3.05) is 51.3 Å². The van der Waals surface area contributed by atoms with Gasteiger partial charge in [-0.05, 0) is 24.6 Å². The first-order valence-electron chi connectivity index (χ1n) is 11.8. The van der Waals surface area contributed by atoms with Crippen LogP contribution < -0.4 is 4.90 Å². The van der Waals surface area contributed by atoms with Gasteiger partial charge < -0.3 is 19.4 Å². The number of aromatic nitrogens is 2. The molecule has 8 nitrogen and oxygen atoms in total. The molecule has 0 N–H and O–H groups in total. The van der Waals surface area contributed by atoms with Gasteiger partial charge in [-0.3, -0.25) is 9.59 Å². The van der Waals surface area contributed by atoms with Gasteiger partial charge in [0.15, 0.2) is 5.82 Å². The third-order valence-corrected chi connectivity index (χ3v) is 6.12. The van der Waals surface area contributed by atoms with Crippen molar-refractivity contribution in [3.8, 4) is 11.3 Å². The van der Waals surface area contributed by atoms with Crippen molar-refractivity contribution in [3.63, 3.8) is 0 Å². The van der Waals surface area contributed by atoms with E-state index < -0.39 is 0 Å². The SMILES string of the molecule is COCC(=O)N(CC(=O)N1CCN(c2ccc(-c3ccc(C)cc3)nn2)CC1)Cc1ccccc1. The minimum Gasteiger partial charge on any atom is -0.375 e. The molecular formula is C27H31N5O3. The molecule has 2 heterocycles. The van der Waals surface area contributed by atoms with Crippen LogP contribution in [0.3, 0.4) is 0 Å². The molecule has 8 heteroatoms. The molecule has 2 amide bonds. The van der Waals surface area contributed by atoms with Crippen molar-refractivity contribution in [1.82, 2.24) is 20.0 Å². The minimum atomic E-state index is -0.202. The van der Waals surface area contributed by atoms with Crippen molar-refractivity contribution >= 4 is 17.6 Å². The highest BCUT2D eigenvalue weighted by Crippen LogP contribution is 2.20. The predicted octanol–water partition coefficient (Wildman–Crippen LogP) is 2.78. The summed E-state index contributed by atoms with van der Waals surface area (Å²) in [5.74, 6) is 0.534. The lowest BCUT2D eigenvalue weighted by Crippen LogP contribution is -2.52. The Balaban J connectivity index is 1.33. The summed E-state index contributed by atoms with van der Waals surface area (Å²) in [4.78, 5) is 31.1. The Morgan fingerprint density at radius 3 is 2.26 bits per heavy atom. The molecule has 0 spiro atoms. The van der Waals surface area contributed by atoms with Crippen LogP contribution in [-0.2, 0) is 20.9 Å². The number of anilines is 1. The Labute approximate surface area is 206 Å². The summed E-state index contributed by atoms with van der Waals surface area (Å²) < 4.78 is 5.02. The molecule has 1 aliphatic rings. The molecule has 1 fully saturated rings. The van der Waals surface area contributed by atoms with Crippen LogP contribution in [0, 0.1) is 6.92 Å². The molecule has 35 heavy (non-hydrogen) atoms. The maximum absolute atomic E-state index is 13.0. The summed E-state index contributed by atoms with van der Waals surface area (Å²) in [5, 5.41) is 8.81. The van der Waals surface area contributed by atoms with Crippen molar-refractivity contribution in [1.29, 1.82) is 0 Å². The number of rotatable bonds is 8. The first-order valence-corrected chi connectivity index (χ1v) is 11.8. The summed E-state index contributed by atoms with van der Waals surface area (Å²) >= 11 is 0. The van der Waals surface area contributed by atoms with Crippen LogP contribution in [0.2, 0.25) is 0 Å². The van der Waals surface area contributed by atoms with Gasteiger partial charge in [0.05, 0.1) is 5.69 Å². The Morgan fingerprint density at radius 1 is 0.914 bits per heavy atom. The average Bonchev–Trinajstić information content (AvgIpc) is 2.90. The highest BCUT2D eigenvalue weighted by molar-refractivity contribution is 5.85. The van der Waals surface area contributed by atoms with Gasteiger partial charge in [-0.15, -0.1) is 10.2 Å². The third kappa shape index (κ3) is 6.42. The quantitative estimate of drug-likeness (QED) is 0.501. The predicted molar refractivity (Wildman–Crippen MR) is 135 cm³/mol. The van der Waals surface area contributed by atoms with Crippen LogP contribution in [-0.4, -0.2) is 78.3 Å². The number of methoxy groups -OCH3 is 1. The summed E-state index contributed by atoms with van der Waals surface area (Å²) in [7, 11) is 1.48. The average molecular weight is 474 g/mol. The molecule has 0 radical (unpaired) electrons. The van der Waals surface area contributed by atoms with Crippen LogP contribution in [0.1, 0.15) is 11.1 Å². The second-order valence-electron chi connectivity index (χ2n) is 8.68.